The summed E-state index contributed by atoms with van der Waals surface area (Å²) in [6.07, 6.45) is 1.94. The minimum absolute atomic E-state index is 0.0226. The molecule has 0 aliphatic heterocycles. The minimum atomic E-state index is -0.0226. The molecule has 0 aliphatic carbocycles. The highest BCUT2D eigenvalue weighted by Gasteiger charge is 2.25. The summed E-state index contributed by atoms with van der Waals surface area (Å²) in [4.78, 5) is 0. The normalized spacial score (nSPS) is 13.6. The lowest BCUT2D eigenvalue weighted by Gasteiger charge is -2.31. The molecule has 3 heteroatoms. The van der Waals surface area contributed by atoms with Crippen molar-refractivity contribution in [1.29, 1.82) is 0 Å². The number of aliphatic hydroxyl groups is 1. The number of aromatic hydroxyl groups is 1. The molecule has 18 heavy (non-hydrogen) atoms. The summed E-state index contributed by atoms with van der Waals surface area (Å²) in [7, 11) is 0. The first-order chi connectivity index (χ1) is 8.56. The van der Waals surface area contributed by atoms with Crippen molar-refractivity contribution in [1.82, 2.24) is 5.32 Å². The van der Waals surface area contributed by atoms with Crippen molar-refractivity contribution in [2.45, 2.75) is 39.7 Å². The van der Waals surface area contributed by atoms with Crippen LogP contribution >= 0.6 is 0 Å². The lowest BCUT2D eigenvalue weighted by molar-refractivity contribution is 0.110. The molecule has 1 unspecified atom stereocenters. The largest absolute Gasteiger partial charge is 0.508 e. The van der Waals surface area contributed by atoms with Crippen molar-refractivity contribution >= 4 is 0 Å². The fourth-order valence-corrected chi connectivity index (χ4v) is 2.03. The summed E-state index contributed by atoms with van der Waals surface area (Å²) in [5.74, 6) is 0.290. The maximum absolute atomic E-state index is 9.52. The third-order valence-corrected chi connectivity index (χ3v) is 4.01. The molecular weight excluding hydrogens is 226 g/mol. The van der Waals surface area contributed by atoms with Crippen LogP contribution in [0.1, 0.15) is 45.2 Å². The SMILES string of the molecule is CCC(CC)(CO)CNC(C)c1ccc(O)cc1. The number of rotatable bonds is 7. The molecule has 0 aromatic heterocycles. The van der Waals surface area contributed by atoms with Crippen LogP contribution < -0.4 is 5.32 Å². The van der Waals surface area contributed by atoms with E-state index in [2.05, 4.69) is 26.1 Å². The number of hydrogen-bond acceptors (Lipinski definition) is 3. The van der Waals surface area contributed by atoms with Crippen molar-refractivity contribution in [3.63, 3.8) is 0 Å². The maximum atomic E-state index is 9.52. The van der Waals surface area contributed by atoms with Crippen LogP contribution in [0, 0.1) is 5.41 Å². The quantitative estimate of drug-likeness (QED) is 0.698. The van der Waals surface area contributed by atoms with Crippen molar-refractivity contribution in [3.8, 4) is 5.75 Å². The van der Waals surface area contributed by atoms with Crippen LogP contribution in [0.2, 0.25) is 0 Å². The summed E-state index contributed by atoms with van der Waals surface area (Å²) in [5, 5.41) is 22.3. The molecule has 0 saturated carbocycles. The van der Waals surface area contributed by atoms with Gasteiger partial charge >= 0.3 is 0 Å². The Bertz CT molecular complexity index is 336. The Hall–Kier alpha value is -1.06. The van der Waals surface area contributed by atoms with E-state index in [1.165, 1.54) is 0 Å². The average Bonchev–Trinajstić information content (AvgIpc) is 2.41. The van der Waals surface area contributed by atoms with Crippen LogP contribution in [0.4, 0.5) is 0 Å². The van der Waals surface area contributed by atoms with Gasteiger partial charge in [-0.1, -0.05) is 26.0 Å². The Morgan fingerprint density at radius 3 is 2.17 bits per heavy atom. The van der Waals surface area contributed by atoms with E-state index in [1.54, 1.807) is 12.1 Å². The smallest absolute Gasteiger partial charge is 0.115 e. The Morgan fingerprint density at radius 1 is 1.17 bits per heavy atom. The zero-order valence-electron chi connectivity index (χ0n) is 11.6. The van der Waals surface area contributed by atoms with E-state index < -0.39 is 0 Å². The molecule has 3 nitrogen and oxygen atoms in total. The summed E-state index contributed by atoms with van der Waals surface area (Å²) in [6.45, 7) is 7.35. The average molecular weight is 251 g/mol. The number of nitrogens with one attached hydrogen (secondary N) is 1. The van der Waals surface area contributed by atoms with E-state index in [1.807, 2.05) is 12.1 Å². The third kappa shape index (κ3) is 3.72. The lowest BCUT2D eigenvalue weighted by atomic mass is 9.83. The summed E-state index contributed by atoms with van der Waals surface area (Å²) < 4.78 is 0. The molecule has 1 aromatic rings. The lowest BCUT2D eigenvalue weighted by Crippen LogP contribution is -2.37. The van der Waals surface area contributed by atoms with Gasteiger partial charge in [-0.15, -0.1) is 0 Å². The van der Waals surface area contributed by atoms with Gasteiger partial charge < -0.3 is 15.5 Å². The van der Waals surface area contributed by atoms with Gasteiger partial charge in [0, 0.05) is 24.6 Å². The first-order valence-corrected chi connectivity index (χ1v) is 6.70. The first kappa shape index (κ1) is 15.0. The summed E-state index contributed by atoms with van der Waals surface area (Å²) in [5.41, 5.74) is 1.12. The van der Waals surface area contributed by atoms with Gasteiger partial charge in [-0.25, -0.2) is 0 Å². The Balaban J connectivity index is 2.59. The molecule has 0 heterocycles. The van der Waals surface area contributed by atoms with Gasteiger partial charge in [-0.05, 0) is 37.5 Å². The van der Waals surface area contributed by atoms with E-state index in [0.29, 0.717) is 0 Å². The zero-order chi connectivity index (χ0) is 13.6. The highest BCUT2D eigenvalue weighted by atomic mass is 16.3. The molecule has 1 aromatic carbocycles. The third-order valence-electron chi connectivity index (χ3n) is 4.01. The second-order valence-electron chi connectivity index (χ2n) is 5.06. The van der Waals surface area contributed by atoms with Crippen LogP contribution in [0.5, 0.6) is 5.75 Å². The number of phenols is 1. The van der Waals surface area contributed by atoms with Gasteiger partial charge in [0.15, 0.2) is 0 Å². The number of benzene rings is 1. The fourth-order valence-electron chi connectivity index (χ4n) is 2.03. The minimum Gasteiger partial charge on any atom is -0.508 e. The standard InChI is InChI=1S/C15H25NO2/c1-4-15(5-2,11-17)10-16-12(3)13-6-8-14(18)9-7-13/h6-9,12,16-18H,4-5,10-11H2,1-3H3. The molecule has 0 radical (unpaired) electrons. The Morgan fingerprint density at radius 2 is 1.72 bits per heavy atom. The highest BCUT2D eigenvalue weighted by Crippen LogP contribution is 2.26. The van der Waals surface area contributed by atoms with Crippen molar-refractivity contribution in [2.24, 2.45) is 5.41 Å². The van der Waals surface area contributed by atoms with Gasteiger partial charge in [-0.3, -0.25) is 0 Å². The van der Waals surface area contributed by atoms with E-state index in [4.69, 9.17) is 0 Å². The van der Waals surface area contributed by atoms with Gasteiger partial charge in [0.25, 0.3) is 0 Å². The Labute approximate surface area is 110 Å². The van der Waals surface area contributed by atoms with Crippen molar-refractivity contribution in [2.75, 3.05) is 13.2 Å². The molecule has 0 aliphatic rings. The van der Waals surface area contributed by atoms with E-state index in [-0.39, 0.29) is 23.8 Å². The Kier molecular flexibility index (Phi) is 5.63. The van der Waals surface area contributed by atoms with Crippen LogP contribution in [-0.4, -0.2) is 23.4 Å². The summed E-state index contributed by atoms with van der Waals surface area (Å²) >= 11 is 0. The van der Waals surface area contributed by atoms with Crippen molar-refractivity contribution < 1.29 is 10.2 Å². The molecule has 0 spiro atoms. The van der Waals surface area contributed by atoms with Crippen LogP contribution in [0.3, 0.4) is 0 Å². The maximum Gasteiger partial charge on any atom is 0.115 e. The summed E-state index contributed by atoms with van der Waals surface area (Å²) in [6, 6.07) is 7.46. The predicted octanol–water partition coefficient (Wildman–Crippen LogP) is 2.84. The number of aliphatic hydroxyl groups excluding tert-OH is 1. The molecule has 0 fully saturated rings. The predicted molar refractivity (Wildman–Crippen MR) is 74.6 cm³/mol. The monoisotopic (exact) mass is 251 g/mol. The molecular formula is C15H25NO2. The number of phenolic OH excluding ortho intramolecular Hbond substituents is 1. The van der Waals surface area contributed by atoms with Gasteiger partial charge in [-0.2, -0.15) is 0 Å². The highest BCUT2D eigenvalue weighted by molar-refractivity contribution is 5.27. The van der Waals surface area contributed by atoms with Gasteiger partial charge in [0.2, 0.25) is 0 Å². The molecule has 0 bridgehead atoms. The van der Waals surface area contributed by atoms with E-state index >= 15 is 0 Å². The van der Waals surface area contributed by atoms with Gasteiger partial charge in [0.1, 0.15) is 5.75 Å². The molecule has 1 atom stereocenters. The van der Waals surface area contributed by atoms with Gasteiger partial charge in [0.05, 0.1) is 0 Å². The van der Waals surface area contributed by atoms with Crippen LogP contribution in [0.25, 0.3) is 0 Å². The second kappa shape index (κ2) is 6.76. The molecule has 0 saturated heterocycles. The fraction of sp³-hybridized carbons (Fsp3) is 0.600. The van der Waals surface area contributed by atoms with Crippen LogP contribution in [0.15, 0.2) is 24.3 Å². The molecule has 1 rings (SSSR count). The molecule has 0 amide bonds. The van der Waals surface area contributed by atoms with Crippen molar-refractivity contribution in [3.05, 3.63) is 29.8 Å². The first-order valence-electron chi connectivity index (χ1n) is 6.70. The zero-order valence-corrected chi connectivity index (χ0v) is 11.6. The molecule has 102 valence electrons. The molecule has 3 N–H and O–H groups in total. The van der Waals surface area contributed by atoms with E-state index in [9.17, 15) is 10.2 Å². The van der Waals surface area contributed by atoms with Crippen LogP contribution in [-0.2, 0) is 0 Å². The second-order valence-corrected chi connectivity index (χ2v) is 5.06. The number of hydrogen-bond donors (Lipinski definition) is 3. The van der Waals surface area contributed by atoms with E-state index in [0.717, 1.165) is 24.9 Å². The topological polar surface area (TPSA) is 52.5 Å².